The summed E-state index contributed by atoms with van der Waals surface area (Å²) in [6.45, 7) is 4.53. The van der Waals surface area contributed by atoms with E-state index in [0.717, 1.165) is 6.42 Å². The van der Waals surface area contributed by atoms with Gasteiger partial charge in [0.25, 0.3) is 0 Å². The van der Waals surface area contributed by atoms with Gasteiger partial charge in [-0.25, -0.2) is 0 Å². The van der Waals surface area contributed by atoms with Crippen LogP contribution in [0.3, 0.4) is 0 Å². The molecule has 0 aromatic heterocycles. The van der Waals surface area contributed by atoms with E-state index >= 15 is 0 Å². The lowest BCUT2D eigenvalue weighted by Gasteiger charge is -2.02. The second kappa shape index (κ2) is 16.2. The third-order valence-electron chi connectivity index (χ3n) is 4.87. The number of benzene rings is 1. The molecule has 0 aliphatic heterocycles. The topological polar surface area (TPSA) is 0 Å². The van der Waals surface area contributed by atoms with Gasteiger partial charge in [-0.1, -0.05) is 127 Å². The minimum atomic E-state index is 1.10. The normalized spacial score (nSPS) is 12.2. The third kappa shape index (κ3) is 12.7. The van der Waals surface area contributed by atoms with Crippen molar-refractivity contribution in [1.29, 1.82) is 0 Å². The molecule has 140 valence electrons. The lowest BCUT2D eigenvalue weighted by Crippen LogP contribution is -1.82. The fourth-order valence-electron chi connectivity index (χ4n) is 3.19. The first kappa shape index (κ1) is 21.7. The van der Waals surface area contributed by atoms with Crippen molar-refractivity contribution in [2.45, 2.75) is 97.3 Å². The second-order valence-electron chi connectivity index (χ2n) is 7.21. The van der Waals surface area contributed by atoms with Crippen LogP contribution >= 0.6 is 0 Å². The Labute approximate surface area is 157 Å². The molecule has 0 saturated carbocycles. The molecule has 0 aliphatic carbocycles. The molecule has 0 spiro atoms. The van der Waals surface area contributed by atoms with Gasteiger partial charge in [0.2, 0.25) is 0 Å². The molecule has 0 saturated heterocycles. The van der Waals surface area contributed by atoms with Crippen molar-refractivity contribution in [1.82, 2.24) is 0 Å². The molecule has 1 aromatic rings. The van der Waals surface area contributed by atoms with Gasteiger partial charge < -0.3 is 0 Å². The van der Waals surface area contributed by atoms with Crippen LogP contribution in [-0.2, 0) is 0 Å². The average molecular weight is 341 g/mol. The zero-order valence-corrected chi connectivity index (χ0v) is 16.8. The molecule has 0 radical (unpaired) electrons. The molecule has 0 amide bonds. The van der Waals surface area contributed by atoms with Crippen LogP contribution in [0.2, 0.25) is 0 Å². The lowest BCUT2D eigenvalue weighted by molar-refractivity contribution is 0.550. The monoisotopic (exact) mass is 340 g/mol. The molecule has 0 nitrogen and oxygen atoms in total. The maximum absolute atomic E-state index is 2.37. The zero-order chi connectivity index (χ0) is 18.0. The Kier molecular flexibility index (Phi) is 14.1. The smallest absolute Gasteiger partial charge is 0.0254 e. The maximum atomic E-state index is 2.37. The molecule has 0 heterocycles. The SMILES string of the molecule is CCCCCCCCCCCCCC=CC(=Cc1ccccc1)CC. The zero-order valence-electron chi connectivity index (χ0n) is 16.8. The lowest BCUT2D eigenvalue weighted by atomic mass is 10.0. The van der Waals surface area contributed by atoms with Gasteiger partial charge in [-0.05, 0) is 30.4 Å². The number of hydrogen-bond acceptors (Lipinski definition) is 0. The highest BCUT2D eigenvalue weighted by molar-refractivity contribution is 5.55. The van der Waals surface area contributed by atoms with Gasteiger partial charge >= 0.3 is 0 Å². The van der Waals surface area contributed by atoms with Crippen LogP contribution in [0.5, 0.6) is 0 Å². The van der Waals surface area contributed by atoms with Crippen LogP contribution in [0.15, 0.2) is 48.1 Å². The average Bonchev–Trinajstić information content (AvgIpc) is 2.65. The first-order valence-corrected chi connectivity index (χ1v) is 10.8. The predicted octanol–water partition coefficient (Wildman–Crippen LogP) is 8.74. The second-order valence-corrected chi connectivity index (χ2v) is 7.21. The predicted molar refractivity (Wildman–Crippen MR) is 115 cm³/mol. The van der Waals surface area contributed by atoms with E-state index in [9.17, 15) is 0 Å². The van der Waals surface area contributed by atoms with E-state index in [1.54, 1.807) is 0 Å². The van der Waals surface area contributed by atoms with Crippen molar-refractivity contribution in [2.75, 3.05) is 0 Å². The van der Waals surface area contributed by atoms with Crippen molar-refractivity contribution >= 4 is 6.08 Å². The summed E-state index contributed by atoms with van der Waals surface area (Å²) in [5.41, 5.74) is 2.73. The van der Waals surface area contributed by atoms with Crippen LogP contribution in [0.4, 0.5) is 0 Å². The van der Waals surface area contributed by atoms with Gasteiger partial charge in [0.1, 0.15) is 0 Å². The van der Waals surface area contributed by atoms with E-state index in [-0.39, 0.29) is 0 Å². The van der Waals surface area contributed by atoms with Gasteiger partial charge in [0, 0.05) is 0 Å². The van der Waals surface area contributed by atoms with Crippen molar-refractivity contribution in [3.8, 4) is 0 Å². The third-order valence-corrected chi connectivity index (χ3v) is 4.87. The maximum Gasteiger partial charge on any atom is -0.0254 e. The fraction of sp³-hybridized carbons (Fsp3) is 0.600. The Morgan fingerprint density at radius 2 is 1.28 bits per heavy atom. The minimum absolute atomic E-state index is 1.10. The van der Waals surface area contributed by atoms with E-state index in [1.165, 1.54) is 88.2 Å². The summed E-state index contributed by atoms with van der Waals surface area (Å²) in [5, 5.41) is 0. The minimum Gasteiger partial charge on any atom is -0.0843 e. The van der Waals surface area contributed by atoms with E-state index in [1.807, 2.05) is 0 Å². The highest BCUT2D eigenvalue weighted by Crippen LogP contribution is 2.14. The van der Waals surface area contributed by atoms with Crippen LogP contribution in [-0.4, -0.2) is 0 Å². The Bertz CT molecular complexity index is 452. The van der Waals surface area contributed by atoms with Gasteiger partial charge in [0.15, 0.2) is 0 Å². The Morgan fingerprint density at radius 3 is 1.84 bits per heavy atom. The van der Waals surface area contributed by atoms with Crippen LogP contribution in [0.1, 0.15) is 103 Å². The van der Waals surface area contributed by atoms with Gasteiger partial charge in [-0.15, -0.1) is 0 Å². The van der Waals surface area contributed by atoms with Gasteiger partial charge in [-0.3, -0.25) is 0 Å². The summed E-state index contributed by atoms with van der Waals surface area (Å²) in [5.74, 6) is 0. The van der Waals surface area contributed by atoms with E-state index in [0.29, 0.717) is 0 Å². The summed E-state index contributed by atoms with van der Waals surface area (Å²) in [6, 6.07) is 10.6. The standard InChI is InChI=1S/C25H40/c1-3-5-6-7-8-9-10-11-12-13-14-15-17-20-24(4-2)23-25-21-18-16-19-22-25/h16-23H,3-15H2,1-2H3. The van der Waals surface area contributed by atoms with Crippen LogP contribution in [0.25, 0.3) is 6.08 Å². The molecular formula is C25H40. The number of hydrogen-bond donors (Lipinski definition) is 0. The number of unbranched alkanes of at least 4 members (excludes halogenated alkanes) is 11. The summed E-state index contributed by atoms with van der Waals surface area (Å²) < 4.78 is 0. The van der Waals surface area contributed by atoms with E-state index in [2.05, 4.69) is 62.4 Å². The molecular weight excluding hydrogens is 300 g/mol. The summed E-state index contributed by atoms with van der Waals surface area (Å²) in [6.07, 6.45) is 24.9. The van der Waals surface area contributed by atoms with E-state index in [4.69, 9.17) is 0 Å². The molecule has 0 bridgehead atoms. The highest BCUT2D eigenvalue weighted by atomic mass is 14.0. The van der Waals surface area contributed by atoms with Crippen molar-refractivity contribution < 1.29 is 0 Å². The van der Waals surface area contributed by atoms with Crippen molar-refractivity contribution in [3.63, 3.8) is 0 Å². The summed E-state index contributed by atoms with van der Waals surface area (Å²) in [4.78, 5) is 0. The Hall–Kier alpha value is -1.30. The molecule has 0 aliphatic rings. The van der Waals surface area contributed by atoms with Gasteiger partial charge in [0.05, 0.1) is 0 Å². The molecule has 0 atom stereocenters. The summed E-state index contributed by atoms with van der Waals surface area (Å²) in [7, 11) is 0. The van der Waals surface area contributed by atoms with Crippen LogP contribution < -0.4 is 0 Å². The fourth-order valence-corrected chi connectivity index (χ4v) is 3.19. The number of rotatable bonds is 15. The summed E-state index contributed by atoms with van der Waals surface area (Å²) >= 11 is 0. The highest BCUT2D eigenvalue weighted by Gasteiger charge is 1.93. The molecule has 0 N–H and O–H groups in total. The molecule has 0 fully saturated rings. The Morgan fingerprint density at radius 1 is 0.720 bits per heavy atom. The molecule has 25 heavy (non-hydrogen) atoms. The largest absolute Gasteiger partial charge is 0.0843 e. The van der Waals surface area contributed by atoms with E-state index < -0.39 is 0 Å². The first-order chi connectivity index (χ1) is 12.4. The molecule has 0 unspecified atom stereocenters. The quantitative estimate of drug-likeness (QED) is 0.221. The molecule has 0 heteroatoms. The van der Waals surface area contributed by atoms with Crippen LogP contribution in [0, 0.1) is 0 Å². The Balaban J connectivity index is 2.01. The van der Waals surface area contributed by atoms with Crippen molar-refractivity contribution in [3.05, 3.63) is 53.6 Å². The molecule has 1 rings (SSSR count). The first-order valence-electron chi connectivity index (χ1n) is 10.8. The van der Waals surface area contributed by atoms with Crippen molar-refractivity contribution in [2.24, 2.45) is 0 Å². The molecule has 1 aromatic carbocycles. The van der Waals surface area contributed by atoms with Gasteiger partial charge in [-0.2, -0.15) is 0 Å². The number of allylic oxidation sites excluding steroid dienone is 3.